The number of nitrogens with two attached hydrogens (primary N) is 1. The molecule has 0 saturated heterocycles. The van der Waals surface area contributed by atoms with Gasteiger partial charge in [0.2, 0.25) is 0 Å². The lowest BCUT2D eigenvalue weighted by molar-refractivity contribution is 0.372. The second-order valence-electron chi connectivity index (χ2n) is 4.02. The number of H-pyrrole nitrogens is 1. The van der Waals surface area contributed by atoms with Crippen LogP contribution >= 0.6 is 0 Å². The Labute approximate surface area is 73.4 Å². The third-order valence-electron chi connectivity index (χ3n) is 2.13. The third-order valence-corrected chi connectivity index (χ3v) is 2.13. The number of aromatic amines is 1. The Balaban J connectivity index is 2.70. The summed E-state index contributed by atoms with van der Waals surface area (Å²) in [6, 6.07) is 0. The van der Waals surface area contributed by atoms with Gasteiger partial charge in [0.1, 0.15) is 0 Å². The van der Waals surface area contributed by atoms with Crippen LogP contribution < -0.4 is 5.73 Å². The van der Waals surface area contributed by atoms with E-state index in [0.29, 0.717) is 6.54 Å². The minimum Gasteiger partial charge on any atom is -0.348 e. The van der Waals surface area contributed by atoms with Crippen molar-refractivity contribution in [3.05, 3.63) is 17.7 Å². The van der Waals surface area contributed by atoms with Crippen molar-refractivity contribution in [3.8, 4) is 0 Å². The van der Waals surface area contributed by atoms with E-state index >= 15 is 0 Å². The van der Waals surface area contributed by atoms with Gasteiger partial charge in [0.25, 0.3) is 0 Å². The molecule has 68 valence electrons. The van der Waals surface area contributed by atoms with Crippen LogP contribution in [0.3, 0.4) is 0 Å². The van der Waals surface area contributed by atoms with Gasteiger partial charge in [-0.05, 0) is 25.3 Å². The molecule has 0 fully saturated rings. The van der Waals surface area contributed by atoms with Crippen LogP contribution in [-0.2, 0) is 6.42 Å². The monoisotopic (exact) mass is 167 g/mol. The summed E-state index contributed by atoms with van der Waals surface area (Å²) in [6.07, 6.45) is 2.68. The van der Waals surface area contributed by atoms with Crippen LogP contribution in [0.1, 0.15) is 25.2 Å². The SMILES string of the molecule is Cc1[nH]cnc1CC(C)(C)CN. The van der Waals surface area contributed by atoms with Crippen LogP contribution in [0.25, 0.3) is 0 Å². The Morgan fingerprint density at radius 3 is 2.67 bits per heavy atom. The Morgan fingerprint density at radius 1 is 1.58 bits per heavy atom. The van der Waals surface area contributed by atoms with Gasteiger partial charge in [0.15, 0.2) is 0 Å². The maximum atomic E-state index is 5.63. The maximum absolute atomic E-state index is 5.63. The highest BCUT2D eigenvalue weighted by Crippen LogP contribution is 2.19. The Bertz CT molecular complexity index is 250. The van der Waals surface area contributed by atoms with Crippen molar-refractivity contribution in [1.82, 2.24) is 9.97 Å². The van der Waals surface area contributed by atoms with E-state index in [1.54, 1.807) is 6.33 Å². The first-order valence-corrected chi connectivity index (χ1v) is 4.24. The Hall–Kier alpha value is -0.830. The molecule has 0 aromatic carbocycles. The van der Waals surface area contributed by atoms with E-state index in [1.165, 1.54) is 0 Å². The molecule has 1 rings (SSSR count). The van der Waals surface area contributed by atoms with Crippen molar-refractivity contribution < 1.29 is 0 Å². The molecule has 0 unspecified atom stereocenters. The molecular weight excluding hydrogens is 150 g/mol. The topological polar surface area (TPSA) is 54.7 Å². The zero-order valence-corrected chi connectivity index (χ0v) is 8.02. The highest BCUT2D eigenvalue weighted by atomic mass is 14.9. The van der Waals surface area contributed by atoms with E-state index in [1.807, 2.05) is 6.92 Å². The van der Waals surface area contributed by atoms with Gasteiger partial charge in [-0.15, -0.1) is 0 Å². The number of nitrogens with one attached hydrogen (secondary N) is 1. The lowest BCUT2D eigenvalue weighted by Crippen LogP contribution is -2.26. The van der Waals surface area contributed by atoms with Gasteiger partial charge in [0, 0.05) is 5.69 Å². The standard InChI is InChI=1S/C9H17N3/c1-7-8(12-6-11-7)4-9(2,3)5-10/h6H,4-5,10H2,1-3H3,(H,11,12). The summed E-state index contributed by atoms with van der Waals surface area (Å²) in [7, 11) is 0. The number of rotatable bonds is 3. The van der Waals surface area contributed by atoms with E-state index in [-0.39, 0.29) is 5.41 Å². The van der Waals surface area contributed by atoms with E-state index < -0.39 is 0 Å². The molecule has 1 aromatic rings. The van der Waals surface area contributed by atoms with Gasteiger partial charge in [-0.3, -0.25) is 0 Å². The average molecular weight is 167 g/mol. The predicted molar refractivity (Wildman–Crippen MR) is 49.9 cm³/mol. The van der Waals surface area contributed by atoms with Crippen molar-refractivity contribution >= 4 is 0 Å². The summed E-state index contributed by atoms with van der Waals surface area (Å²) in [5.41, 5.74) is 8.07. The lowest BCUT2D eigenvalue weighted by Gasteiger charge is -2.21. The summed E-state index contributed by atoms with van der Waals surface area (Å²) in [5.74, 6) is 0. The molecule has 0 aliphatic carbocycles. The number of hydrogen-bond donors (Lipinski definition) is 2. The van der Waals surface area contributed by atoms with Gasteiger partial charge >= 0.3 is 0 Å². The average Bonchev–Trinajstić information content (AvgIpc) is 2.36. The number of imidazole rings is 1. The van der Waals surface area contributed by atoms with Gasteiger partial charge in [-0.25, -0.2) is 4.98 Å². The molecule has 0 saturated carbocycles. The molecule has 12 heavy (non-hydrogen) atoms. The van der Waals surface area contributed by atoms with Crippen molar-refractivity contribution in [2.45, 2.75) is 27.2 Å². The van der Waals surface area contributed by atoms with Crippen LogP contribution in [-0.4, -0.2) is 16.5 Å². The van der Waals surface area contributed by atoms with E-state index in [4.69, 9.17) is 5.73 Å². The van der Waals surface area contributed by atoms with Gasteiger partial charge in [-0.2, -0.15) is 0 Å². The second-order valence-corrected chi connectivity index (χ2v) is 4.02. The third kappa shape index (κ3) is 2.08. The minimum absolute atomic E-state index is 0.153. The molecule has 3 nitrogen and oxygen atoms in total. The van der Waals surface area contributed by atoms with E-state index in [2.05, 4.69) is 23.8 Å². The molecule has 0 aliphatic rings. The zero-order valence-electron chi connectivity index (χ0n) is 8.02. The molecule has 3 heteroatoms. The zero-order chi connectivity index (χ0) is 9.19. The fraction of sp³-hybridized carbons (Fsp3) is 0.667. The Morgan fingerprint density at radius 2 is 2.25 bits per heavy atom. The number of aromatic nitrogens is 2. The Kier molecular flexibility index (Phi) is 2.52. The van der Waals surface area contributed by atoms with E-state index in [9.17, 15) is 0 Å². The summed E-state index contributed by atoms with van der Waals surface area (Å²) in [4.78, 5) is 7.30. The van der Waals surface area contributed by atoms with Crippen LogP contribution in [0.2, 0.25) is 0 Å². The molecule has 0 radical (unpaired) electrons. The fourth-order valence-electron chi connectivity index (χ4n) is 1.09. The van der Waals surface area contributed by atoms with Gasteiger partial charge < -0.3 is 10.7 Å². The van der Waals surface area contributed by atoms with Crippen LogP contribution in [0.5, 0.6) is 0 Å². The van der Waals surface area contributed by atoms with Gasteiger partial charge in [0.05, 0.1) is 12.0 Å². The highest BCUT2D eigenvalue weighted by Gasteiger charge is 2.18. The fourth-order valence-corrected chi connectivity index (χ4v) is 1.09. The maximum Gasteiger partial charge on any atom is 0.0925 e. The highest BCUT2D eigenvalue weighted by molar-refractivity contribution is 5.10. The van der Waals surface area contributed by atoms with Crippen molar-refractivity contribution in [2.24, 2.45) is 11.1 Å². The molecule has 0 spiro atoms. The summed E-state index contributed by atoms with van der Waals surface area (Å²) >= 11 is 0. The first-order chi connectivity index (χ1) is 5.55. The first-order valence-electron chi connectivity index (χ1n) is 4.24. The van der Waals surface area contributed by atoms with Crippen molar-refractivity contribution in [1.29, 1.82) is 0 Å². The molecule has 0 bridgehead atoms. The van der Waals surface area contributed by atoms with Crippen molar-refractivity contribution in [3.63, 3.8) is 0 Å². The second kappa shape index (κ2) is 3.27. The molecular formula is C9H17N3. The van der Waals surface area contributed by atoms with Crippen LogP contribution in [0.15, 0.2) is 6.33 Å². The molecule has 1 heterocycles. The first kappa shape index (κ1) is 9.26. The van der Waals surface area contributed by atoms with Crippen LogP contribution in [0, 0.1) is 12.3 Å². The summed E-state index contributed by atoms with van der Waals surface area (Å²) in [6.45, 7) is 7.04. The molecule has 0 atom stereocenters. The lowest BCUT2D eigenvalue weighted by atomic mass is 9.88. The number of hydrogen-bond acceptors (Lipinski definition) is 2. The molecule has 0 amide bonds. The summed E-state index contributed by atoms with van der Waals surface area (Å²) < 4.78 is 0. The molecule has 0 aliphatic heterocycles. The number of nitrogens with zero attached hydrogens (tertiary/aromatic N) is 1. The predicted octanol–water partition coefficient (Wildman–Crippen LogP) is 1.25. The normalized spacial score (nSPS) is 12.0. The smallest absolute Gasteiger partial charge is 0.0925 e. The summed E-state index contributed by atoms with van der Waals surface area (Å²) in [5, 5.41) is 0. The van der Waals surface area contributed by atoms with E-state index in [0.717, 1.165) is 17.8 Å². The van der Waals surface area contributed by atoms with Crippen LogP contribution in [0.4, 0.5) is 0 Å². The molecule has 3 N–H and O–H groups in total. The minimum atomic E-state index is 0.153. The molecule has 1 aromatic heterocycles. The quantitative estimate of drug-likeness (QED) is 0.711. The number of aryl methyl sites for hydroxylation is 1. The van der Waals surface area contributed by atoms with Crippen molar-refractivity contribution in [2.75, 3.05) is 6.54 Å². The largest absolute Gasteiger partial charge is 0.348 e. The van der Waals surface area contributed by atoms with Gasteiger partial charge in [-0.1, -0.05) is 13.8 Å².